The van der Waals surface area contributed by atoms with E-state index < -0.39 is 39.5 Å². The average Bonchev–Trinajstić information content (AvgIpc) is 3.29. The Morgan fingerprint density at radius 2 is 1.75 bits per heavy atom. The lowest BCUT2D eigenvalue weighted by Crippen LogP contribution is -2.36. The molecule has 0 saturated carbocycles. The molecule has 2 N–H and O–H groups in total. The van der Waals surface area contributed by atoms with Crippen LogP contribution < -0.4 is 16.2 Å². The van der Waals surface area contributed by atoms with Gasteiger partial charge in [0.05, 0.1) is 34.5 Å². The molecule has 0 unspecified atom stereocenters. The Morgan fingerprint density at radius 1 is 1.06 bits per heavy atom. The highest BCUT2D eigenvalue weighted by Crippen LogP contribution is 2.29. The second-order valence-corrected chi connectivity index (χ2v) is 10.6. The van der Waals surface area contributed by atoms with Gasteiger partial charge in [0.25, 0.3) is 5.56 Å². The standard InChI is InChI=1S/C23H21ClFN5O5S/c1-36(34,35)29-12-16(17(13-29)23(33)28-20-8-5-14(24)11-26-20)22(32)27-19-7-6-15(10-18(19)25)30-9-3-2-4-21(30)31/h2-11,16-17H,12-13H2,1H3,(H,27,32)(H,26,28,33)/t16-,17-/m0/s1. The summed E-state index contributed by atoms with van der Waals surface area (Å²) >= 11 is 5.80. The van der Waals surface area contributed by atoms with Crippen molar-refractivity contribution in [3.63, 3.8) is 0 Å². The molecule has 2 amide bonds. The van der Waals surface area contributed by atoms with Crippen molar-refractivity contribution in [2.45, 2.75) is 0 Å². The van der Waals surface area contributed by atoms with E-state index >= 15 is 0 Å². The minimum Gasteiger partial charge on any atom is -0.323 e. The number of anilines is 2. The van der Waals surface area contributed by atoms with Gasteiger partial charge in [-0.05, 0) is 30.3 Å². The number of hydrogen-bond donors (Lipinski definition) is 2. The number of nitrogens with one attached hydrogen (secondary N) is 2. The first-order chi connectivity index (χ1) is 17.0. The van der Waals surface area contributed by atoms with E-state index in [0.29, 0.717) is 5.02 Å². The molecule has 1 aromatic carbocycles. The van der Waals surface area contributed by atoms with Crippen LogP contribution in [0.25, 0.3) is 5.69 Å². The molecule has 36 heavy (non-hydrogen) atoms. The summed E-state index contributed by atoms with van der Waals surface area (Å²) in [4.78, 5) is 42.0. The maximum absolute atomic E-state index is 14.8. The van der Waals surface area contributed by atoms with Gasteiger partial charge in [0.2, 0.25) is 21.8 Å². The average molecular weight is 534 g/mol. The maximum atomic E-state index is 14.8. The number of carbonyl (C=O) groups is 2. The maximum Gasteiger partial charge on any atom is 0.255 e. The fraction of sp³-hybridized carbons (Fsp3) is 0.217. The Bertz CT molecular complexity index is 1480. The summed E-state index contributed by atoms with van der Waals surface area (Å²) in [5.74, 6) is -4.12. The lowest BCUT2D eigenvalue weighted by molar-refractivity contribution is -0.127. The molecule has 1 saturated heterocycles. The summed E-state index contributed by atoms with van der Waals surface area (Å²) < 4.78 is 41.3. The smallest absolute Gasteiger partial charge is 0.255 e. The fourth-order valence-electron chi connectivity index (χ4n) is 3.86. The molecule has 4 rings (SSSR count). The van der Waals surface area contributed by atoms with Crippen LogP contribution in [-0.4, -0.2) is 53.4 Å². The molecule has 188 valence electrons. The van der Waals surface area contributed by atoms with Gasteiger partial charge >= 0.3 is 0 Å². The molecule has 2 atom stereocenters. The van der Waals surface area contributed by atoms with Gasteiger partial charge in [-0.2, -0.15) is 0 Å². The van der Waals surface area contributed by atoms with Crippen molar-refractivity contribution in [2.75, 3.05) is 30.0 Å². The van der Waals surface area contributed by atoms with Gasteiger partial charge in [0, 0.05) is 37.6 Å². The van der Waals surface area contributed by atoms with E-state index in [1.807, 2.05) is 0 Å². The molecule has 2 aromatic heterocycles. The number of halogens is 2. The number of pyridine rings is 2. The molecule has 13 heteroatoms. The normalized spacial score (nSPS) is 18.1. The number of carbonyl (C=O) groups excluding carboxylic acids is 2. The fourth-order valence-corrected chi connectivity index (χ4v) is 4.83. The molecule has 1 fully saturated rings. The number of amides is 2. The first-order valence-corrected chi connectivity index (χ1v) is 12.9. The molecule has 0 bridgehead atoms. The predicted octanol–water partition coefficient (Wildman–Crippen LogP) is 2.11. The number of sulfonamides is 1. The predicted molar refractivity (Wildman–Crippen MR) is 132 cm³/mol. The number of benzene rings is 1. The first kappa shape index (κ1) is 25.5. The molecular weight excluding hydrogens is 513 g/mol. The lowest BCUT2D eigenvalue weighted by Gasteiger charge is -2.18. The van der Waals surface area contributed by atoms with Gasteiger partial charge in [-0.3, -0.25) is 19.0 Å². The molecule has 10 nitrogen and oxygen atoms in total. The molecule has 0 aliphatic carbocycles. The molecule has 0 spiro atoms. The molecule has 0 radical (unpaired) electrons. The van der Waals surface area contributed by atoms with Gasteiger partial charge in [-0.25, -0.2) is 22.1 Å². The quantitative estimate of drug-likeness (QED) is 0.499. The molecule has 3 aromatic rings. The van der Waals surface area contributed by atoms with Crippen LogP contribution in [0.3, 0.4) is 0 Å². The summed E-state index contributed by atoms with van der Waals surface area (Å²) in [6.07, 6.45) is 3.79. The van der Waals surface area contributed by atoms with Crippen molar-refractivity contribution < 1.29 is 22.4 Å². The van der Waals surface area contributed by atoms with Crippen LogP contribution in [0.1, 0.15) is 0 Å². The zero-order valence-corrected chi connectivity index (χ0v) is 20.5. The van der Waals surface area contributed by atoms with E-state index in [4.69, 9.17) is 11.6 Å². The van der Waals surface area contributed by atoms with Crippen LogP contribution in [-0.2, 0) is 19.6 Å². The highest BCUT2D eigenvalue weighted by atomic mass is 35.5. The third kappa shape index (κ3) is 5.61. The van der Waals surface area contributed by atoms with Crippen molar-refractivity contribution in [2.24, 2.45) is 11.8 Å². The second kappa shape index (κ2) is 10.2. The minimum absolute atomic E-state index is 0.177. The van der Waals surface area contributed by atoms with Gasteiger partial charge in [-0.15, -0.1) is 0 Å². The van der Waals surface area contributed by atoms with Crippen molar-refractivity contribution in [3.05, 3.63) is 82.1 Å². The minimum atomic E-state index is -3.70. The van der Waals surface area contributed by atoms with Gasteiger partial charge in [0.1, 0.15) is 11.6 Å². The first-order valence-electron chi connectivity index (χ1n) is 10.7. The van der Waals surface area contributed by atoms with Crippen LogP contribution in [0, 0.1) is 17.7 Å². The van der Waals surface area contributed by atoms with E-state index in [-0.39, 0.29) is 35.8 Å². The Hall–Kier alpha value is -3.61. The van der Waals surface area contributed by atoms with E-state index in [0.717, 1.165) is 16.6 Å². The molecule has 1 aliphatic heterocycles. The Labute approximate surface area is 210 Å². The van der Waals surface area contributed by atoms with Crippen LogP contribution in [0.5, 0.6) is 0 Å². The van der Waals surface area contributed by atoms with Gasteiger partial charge in [0.15, 0.2) is 0 Å². The number of nitrogens with zero attached hydrogens (tertiary/aromatic N) is 3. The van der Waals surface area contributed by atoms with Crippen LogP contribution in [0.4, 0.5) is 15.9 Å². The number of rotatable bonds is 6. The Kier molecular flexibility index (Phi) is 7.20. The number of hydrogen-bond acceptors (Lipinski definition) is 6. The van der Waals surface area contributed by atoms with Crippen LogP contribution >= 0.6 is 11.6 Å². The van der Waals surface area contributed by atoms with Crippen molar-refractivity contribution >= 4 is 44.9 Å². The highest BCUT2D eigenvalue weighted by Gasteiger charge is 2.45. The summed E-state index contributed by atoms with van der Waals surface area (Å²) in [7, 11) is -3.70. The topological polar surface area (TPSA) is 130 Å². The zero-order valence-electron chi connectivity index (χ0n) is 18.9. The third-order valence-corrected chi connectivity index (χ3v) is 7.18. The van der Waals surface area contributed by atoms with E-state index in [9.17, 15) is 27.2 Å². The zero-order chi connectivity index (χ0) is 26.0. The summed E-state index contributed by atoms with van der Waals surface area (Å²) in [6, 6.07) is 11.3. The number of aromatic nitrogens is 2. The lowest BCUT2D eigenvalue weighted by atomic mass is 9.94. The van der Waals surface area contributed by atoms with Gasteiger partial charge < -0.3 is 10.6 Å². The molecular formula is C23H21ClFN5O5S. The van der Waals surface area contributed by atoms with Crippen LogP contribution in [0.2, 0.25) is 5.02 Å². The molecule has 3 heterocycles. The molecule has 1 aliphatic rings. The third-order valence-electron chi connectivity index (χ3n) is 5.72. The Balaban J connectivity index is 1.55. The van der Waals surface area contributed by atoms with Crippen molar-refractivity contribution in [3.8, 4) is 5.69 Å². The second-order valence-electron chi connectivity index (χ2n) is 8.21. The summed E-state index contributed by atoms with van der Waals surface area (Å²) in [6.45, 7) is -0.482. The SMILES string of the molecule is CS(=O)(=O)N1C[C@H](C(=O)Nc2ccc(Cl)cn2)[C@@H](C(=O)Nc2ccc(-n3ccccc3=O)cc2F)C1. The van der Waals surface area contributed by atoms with Crippen molar-refractivity contribution in [1.29, 1.82) is 0 Å². The van der Waals surface area contributed by atoms with Crippen LogP contribution in [0.15, 0.2) is 65.7 Å². The van der Waals surface area contributed by atoms with E-state index in [1.54, 1.807) is 12.1 Å². The van der Waals surface area contributed by atoms with Crippen molar-refractivity contribution in [1.82, 2.24) is 13.9 Å². The van der Waals surface area contributed by atoms with E-state index in [1.165, 1.54) is 47.3 Å². The van der Waals surface area contributed by atoms with E-state index in [2.05, 4.69) is 15.6 Å². The highest BCUT2D eigenvalue weighted by molar-refractivity contribution is 7.88. The summed E-state index contributed by atoms with van der Waals surface area (Å²) in [5.41, 5.74) is -0.276. The Morgan fingerprint density at radius 3 is 2.33 bits per heavy atom. The largest absolute Gasteiger partial charge is 0.323 e. The summed E-state index contributed by atoms with van der Waals surface area (Å²) in [5, 5.41) is 5.36. The van der Waals surface area contributed by atoms with Gasteiger partial charge in [-0.1, -0.05) is 17.7 Å². The monoisotopic (exact) mass is 533 g/mol.